The zero-order chi connectivity index (χ0) is 9.14. The minimum Gasteiger partial charge on any atom is -0.550 e. The van der Waals surface area contributed by atoms with Gasteiger partial charge in [0.15, 0.2) is 0 Å². The number of nitrogens with two attached hydrogens (primary N) is 1. The van der Waals surface area contributed by atoms with Crippen LogP contribution in [0, 0.1) is 5.82 Å². The van der Waals surface area contributed by atoms with Crippen LogP contribution in [0.5, 0.6) is 0 Å². The first-order chi connectivity index (χ1) is 5.59. The van der Waals surface area contributed by atoms with Crippen LogP contribution in [0.15, 0.2) is 18.2 Å². The fourth-order valence-corrected chi connectivity index (χ4v) is 0.886. The molecule has 0 radical (unpaired) electrons. The van der Waals surface area contributed by atoms with Crippen molar-refractivity contribution in [1.29, 1.82) is 0 Å². The molecular weight excluding hydrogens is 161 g/mol. The van der Waals surface area contributed by atoms with Gasteiger partial charge < -0.3 is 15.6 Å². The molecule has 0 spiro atoms. The summed E-state index contributed by atoms with van der Waals surface area (Å²) in [5, 5.41) is 10.1. The van der Waals surface area contributed by atoms with E-state index in [0.717, 1.165) is 6.07 Å². The summed E-state index contributed by atoms with van der Waals surface area (Å²) in [6, 6.07) is 3.78. The highest BCUT2D eigenvalue weighted by molar-refractivity contribution is 5.68. The lowest BCUT2D eigenvalue weighted by atomic mass is 10.1. The predicted octanol–water partition coefficient (Wildman–Crippen LogP) is -0.300. The Labute approximate surface area is 68.6 Å². The van der Waals surface area contributed by atoms with Crippen molar-refractivity contribution >= 4 is 11.7 Å². The van der Waals surface area contributed by atoms with Crippen LogP contribution in [0.3, 0.4) is 0 Å². The van der Waals surface area contributed by atoms with E-state index in [-0.39, 0.29) is 5.56 Å². The van der Waals surface area contributed by atoms with E-state index in [4.69, 9.17) is 5.73 Å². The first-order valence-electron chi connectivity index (χ1n) is 3.33. The van der Waals surface area contributed by atoms with Crippen molar-refractivity contribution < 1.29 is 14.3 Å². The number of carboxylic acid groups (broad SMARTS) is 1. The molecule has 0 amide bonds. The number of hydrogen-bond donors (Lipinski definition) is 1. The standard InChI is InChI=1S/C8H8FNO2/c9-7-2-1-6(10)3-5(7)4-8(11)12/h1-3H,4,10H2,(H,11,12)/p-1. The van der Waals surface area contributed by atoms with Crippen LogP contribution in [0.25, 0.3) is 0 Å². The average Bonchev–Trinajstić information content (AvgIpc) is 1.96. The molecule has 1 aromatic rings. The predicted molar refractivity (Wildman–Crippen MR) is 39.5 cm³/mol. The molecule has 2 N–H and O–H groups in total. The summed E-state index contributed by atoms with van der Waals surface area (Å²) in [6.45, 7) is 0. The van der Waals surface area contributed by atoms with E-state index in [0.29, 0.717) is 5.69 Å². The van der Waals surface area contributed by atoms with Crippen LogP contribution in [0.1, 0.15) is 5.56 Å². The molecule has 3 nitrogen and oxygen atoms in total. The summed E-state index contributed by atoms with van der Waals surface area (Å²) in [4.78, 5) is 10.1. The molecule has 0 saturated carbocycles. The van der Waals surface area contributed by atoms with E-state index >= 15 is 0 Å². The molecule has 0 heterocycles. The zero-order valence-electron chi connectivity index (χ0n) is 6.21. The van der Waals surface area contributed by atoms with E-state index in [1.165, 1.54) is 12.1 Å². The molecular formula is C8H7FNO2-. The Hall–Kier alpha value is -1.58. The van der Waals surface area contributed by atoms with Gasteiger partial charge in [0.1, 0.15) is 5.82 Å². The smallest absolute Gasteiger partial charge is 0.126 e. The number of anilines is 1. The lowest BCUT2D eigenvalue weighted by Crippen LogP contribution is -2.24. The van der Waals surface area contributed by atoms with Crippen molar-refractivity contribution in [2.45, 2.75) is 6.42 Å². The number of carboxylic acids is 1. The summed E-state index contributed by atoms with van der Waals surface area (Å²) >= 11 is 0. The number of carbonyl (C=O) groups excluding carboxylic acids is 1. The maximum atomic E-state index is 12.8. The van der Waals surface area contributed by atoms with E-state index in [9.17, 15) is 14.3 Å². The molecule has 0 aliphatic heterocycles. The van der Waals surface area contributed by atoms with Crippen LogP contribution >= 0.6 is 0 Å². The third-order valence-electron chi connectivity index (χ3n) is 1.40. The molecule has 1 rings (SSSR count). The average molecular weight is 168 g/mol. The van der Waals surface area contributed by atoms with Crippen LogP contribution in [0.4, 0.5) is 10.1 Å². The normalized spacial score (nSPS) is 9.75. The molecule has 4 heteroatoms. The van der Waals surface area contributed by atoms with Crippen LogP contribution in [0.2, 0.25) is 0 Å². The van der Waals surface area contributed by atoms with Gasteiger partial charge in [0, 0.05) is 18.1 Å². The highest BCUT2D eigenvalue weighted by Crippen LogP contribution is 2.11. The lowest BCUT2D eigenvalue weighted by Gasteiger charge is -2.04. The number of halogens is 1. The van der Waals surface area contributed by atoms with Crippen LogP contribution < -0.4 is 10.8 Å². The van der Waals surface area contributed by atoms with Crippen molar-refractivity contribution in [2.24, 2.45) is 0 Å². The molecule has 0 fully saturated rings. The summed E-state index contributed by atoms with van der Waals surface area (Å²) < 4.78 is 12.8. The second-order valence-electron chi connectivity index (χ2n) is 2.40. The fourth-order valence-electron chi connectivity index (χ4n) is 0.886. The van der Waals surface area contributed by atoms with Gasteiger partial charge in [-0.3, -0.25) is 0 Å². The number of rotatable bonds is 2. The highest BCUT2D eigenvalue weighted by Gasteiger charge is 2.01. The van der Waals surface area contributed by atoms with Gasteiger partial charge in [0.2, 0.25) is 0 Å². The van der Waals surface area contributed by atoms with Crippen LogP contribution in [-0.2, 0) is 11.2 Å². The Morgan fingerprint density at radius 3 is 2.83 bits per heavy atom. The number of benzene rings is 1. The second kappa shape index (κ2) is 3.21. The van der Waals surface area contributed by atoms with Gasteiger partial charge in [-0.15, -0.1) is 0 Å². The summed E-state index contributed by atoms with van der Waals surface area (Å²) in [7, 11) is 0. The van der Waals surface area contributed by atoms with E-state index in [1.54, 1.807) is 0 Å². The molecule has 0 bridgehead atoms. The van der Waals surface area contributed by atoms with Gasteiger partial charge in [0.05, 0.1) is 0 Å². The fraction of sp³-hybridized carbons (Fsp3) is 0.125. The molecule has 1 aromatic carbocycles. The Balaban J connectivity index is 2.97. The summed E-state index contributed by atoms with van der Waals surface area (Å²) in [5.41, 5.74) is 5.71. The number of aliphatic carboxylic acids is 1. The molecule has 64 valence electrons. The minimum atomic E-state index is -1.32. The Morgan fingerprint density at radius 1 is 1.58 bits per heavy atom. The minimum absolute atomic E-state index is 0.0509. The van der Waals surface area contributed by atoms with Crippen molar-refractivity contribution in [3.05, 3.63) is 29.6 Å². The summed E-state index contributed by atoms with van der Waals surface area (Å²) in [5.74, 6) is -1.90. The first kappa shape index (κ1) is 8.52. The largest absolute Gasteiger partial charge is 0.550 e. The van der Waals surface area contributed by atoms with Crippen molar-refractivity contribution in [1.82, 2.24) is 0 Å². The van der Waals surface area contributed by atoms with Crippen molar-refractivity contribution in [2.75, 3.05) is 5.73 Å². The second-order valence-corrected chi connectivity index (χ2v) is 2.40. The summed E-state index contributed by atoms with van der Waals surface area (Å²) in [6.07, 6.45) is -0.448. The van der Waals surface area contributed by atoms with Gasteiger partial charge in [-0.2, -0.15) is 0 Å². The maximum Gasteiger partial charge on any atom is 0.126 e. The number of hydrogen-bond acceptors (Lipinski definition) is 3. The monoisotopic (exact) mass is 168 g/mol. The molecule has 0 atom stereocenters. The van der Waals surface area contributed by atoms with Gasteiger partial charge >= 0.3 is 0 Å². The van der Waals surface area contributed by atoms with E-state index < -0.39 is 18.2 Å². The van der Waals surface area contributed by atoms with Crippen molar-refractivity contribution in [3.63, 3.8) is 0 Å². The van der Waals surface area contributed by atoms with Gasteiger partial charge in [0.25, 0.3) is 0 Å². The van der Waals surface area contributed by atoms with Gasteiger partial charge in [-0.1, -0.05) is 0 Å². The Bertz CT molecular complexity index is 312. The van der Waals surface area contributed by atoms with E-state index in [2.05, 4.69) is 0 Å². The molecule has 0 aliphatic rings. The van der Waals surface area contributed by atoms with Crippen LogP contribution in [-0.4, -0.2) is 5.97 Å². The molecule has 0 unspecified atom stereocenters. The maximum absolute atomic E-state index is 12.8. The van der Waals surface area contributed by atoms with Crippen molar-refractivity contribution in [3.8, 4) is 0 Å². The SMILES string of the molecule is Nc1ccc(F)c(CC(=O)[O-])c1. The topological polar surface area (TPSA) is 66.2 Å². The number of carbonyl (C=O) groups is 1. The zero-order valence-corrected chi connectivity index (χ0v) is 6.21. The van der Waals surface area contributed by atoms with E-state index in [1.807, 2.05) is 0 Å². The third kappa shape index (κ3) is 1.95. The molecule has 0 aromatic heterocycles. The molecule has 12 heavy (non-hydrogen) atoms. The third-order valence-corrected chi connectivity index (χ3v) is 1.40. The first-order valence-corrected chi connectivity index (χ1v) is 3.33. The van der Waals surface area contributed by atoms with Gasteiger partial charge in [-0.25, -0.2) is 4.39 Å². The molecule has 0 aliphatic carbocycles. The Morgan fingerprint density at radius 2 is 2.25 bits per heavy atom. The Kier molecular flexibility index (Phi) is 2.28. The van der Waals surface area contributed by atoms with Gasteiger partial charge in [-0.05, 0) is 23.8 Å². The lowest BCUT2D eigenvalue weighted by molar-refractivity contribution is -0.304. The number of nitrogen functional groups attached to an aromatic ring is 1. The molecule has 0 saturated heterocycles. The highest BCUT2D eigenvalue weighted by atomic mass is 19.1. The quantitative estimate of drug-likeness (QED) is 0.616.